The van der Waals surface area contributed by atoms with Crippen LogP contribution in [0.3, 0.4) is 0 Å². The Morgan fingerprint density at radius 3 is 2.55 bits per heavy atom. The number of para-hydroxylation sites is 1. The minimum absolute atomic E-state index is 0.121. The Balaban J connectivity index is 2.16. The molecule has 2 aromatic rings. The predicted molar refractivity (Wildman–Crippen MR) is 114 cm³/mol. The average Bonchev–Trinajstić information content (AvgIpc) is 3.03. The van der Waals surface area contributed by atoms with Crippen LogP contribution in [-0.2, 0) is 20.6 Å². The van der Waals surface area contributed by atoms with Crippen molar-refractivity contribution in [2.45, 2.75) is 46.1 Å². The van der Waals surface area contributed by atoms with E-state index in [0.29, 0.717) is 12.8 Å². The van der Waals surface area contributed by atoms with Gasteiger partial charge in [-0.1, -0.05) is 39.0 Å². The highest BCUT2D eigenvalue weighted by Gasteiger charge is 2.31. The van der Waals surface area contributed by atoms with Crippen molar-refractivity contribution >= 4 is 30.1 Å². The minimum Gasteiger partial charge on any atom is -0.480 e. The third kappa shape index (κ3) is 6.72. The Kier molecular flexibility index (Phi) is 8.05. The number of hydrogen-bond acceptors (Lipinski definition) is 3. The normalized spacial score (nSPS) is 15.8. The number of amides is 1. The number of carbonyl (C=O) groups excluding carboxylic acids is 1. The third-order valence-corrected chi connectivity index (χ3v) is 7.08. The smallest absolute Gasteiger partial charge is 0.326 e. The number of carboxylic acid groups (broad SMARTS) is 1. The van der Waals surface area contributed by atoms with Gasteiger partial charge in [-0.25, -0.2) is 4.79 Å². The molecule has 160 valence electrons. The molecule has 1 aromatic carbocycles. The van der Waals surface area contributed by atoms with E-state index in [1.807, 2.05) is 45.0 Å². The zero-order valence-electron chi connectivity index (χ0n) is 17.2. The van der Waals surface area contributed by atoms with Gasteiger partial charge in [0.15, 0.2) is 0 Å². The Hall–Kier alpha value is -2.11. The van der Waals surface area contributed by atoms with E-state index in [2.05, 4.69) is 10.3 Å². The number of benzene rings is 1. The lowest BCUT2D eigenvalue weighted by molar-refractivity contribution is -0.142. The van der Waals surface area contributed by atoms with Crippen molar-refractivity contribution in [2.24, 2.45) is 11.8 Å². The fourth-order valence-corrected chi connectivity index (χ4v) is 5.51. The molecule has 0 aliphatic rings. The highest BCUT2D eigenvalue weighted by atomic mass is 31.2. The van der Waals surface area contributed by atoms with Gasteiger partial charge >= 0.3 is 5.97 Å². The number of fused-ring (bicyclic) bond motifs is 1. The number of aromatic nitrogens is 1. The van der Waals surface area contributed by atoms with Crippen LogP contribution in [-0.4, -0.2) is 45.2 Å². The summed E-state index contributed by atoms with van der Waals surface area (Å²) < 4.78 is 12.4. The van der Waals surface area contributed by atoms with Gasteiger partial charge in [0.2, 0.25) is 13.3 Å². The van der Waals surface area contributed by atoms with Crippen LogP contribution in [0.15, 0.2) is 30.5 Å². The van der Waals surface area contributed by atoms with E-state index in [0.717, 1.165) is 16.5 Å². The molecule has 0 fully saturated rings. The number of rotatable bonds is 11. The first-order chi connectivity index (χ1) is 13.6. The molecule has 4 N–H and O–H groups in total. The molecule has 1 aromatic heterocycles. The molecule has 8 heteroatoms. The summed E-state index contributed by atoms with van der Waals surface area (Å²) in [4.78, 5) is 37.9. The van der Waals surface area contributed by atoms with Gasteiger partial charge < -0.3 is 20.3 Å². The van der Waals surface area contributed by atoms with E-state index >= 15 is 0 Å². The summed E-state index contributed by atoms with van der Waals surface area (Å²) in [7, 11) is -3.43. The van der Waals surface area contributed by atoms with Crippen molar-refractivity contribution in [3.8, 4) is 0 Å². The summed E-state index contributed by atoms with van der Waals surface area (Å²) >= 11 is 0. The zero-order chi connectivity index (χ0) is 21.6. The minimum atomic E-state index is -3.43. The number of aromatic amines is 1. The summed E-state index contributed by atoms with van der Waals surface area (Å²) in [5.74, 6) is -2.16. The van der Waals surface area contributed by atoms with Crippen LogP contribution in [0.25, 0.3) is 10.9 Å². The van der Waals surface area contributed by atoms with Crippen molar-refractivity contribution in [1.29, 1.82) is 0 Å². The number of hydrogen-bond donors (Lipinski definition) is 4. The largest absolute Gasteiger partial charge is 0.480 e. The van der Waals surface area contributed by atoms with E-state index < -0.39 is 31.2 Å². The van der Waals surface area contributed by atoms with Gasteiger partial charge in [-0.05, 0) is 30.4 Å². The predicted octanol–water partition coefficient (Wildman–Crippen LogP) is 3.62. The van der Waals surface area contributed by atoms with Crippen LogP contribution >= 0.6 is 7.37 Å². The van der Waals surface area contributed by atoms with Crippen LogP contribution in [0.2, 0.25) is 0 Å². The Labute approximate surface area is 171 Å². The lowest BCUT2D eigenvalue weighted by Gasteiger charge is -2.23. The van der Waals surface area contributed by atoms with Gasteiger partial charge in [0.25, 0.3) is 0 Å². The molecule has 0 spiro atoms. The molecule has 2 rings (SSSR count). The number of carboxylic acids is 1. The van der Waals surface area contributed by atoms with E-state index in [-0.39, 0.29) is 24.7 Å². The van der Waals surface area contributed by atoms with Crippen LogP contribution in [0, 0.1) is 11.8 Å². The maximum atomic E-state index is 12.9. The molecule has 0 radical (unpaired) electrons. The van der Waals surface area contributed by atoms with Crippen molar-refractivity contribution in [2.75, 3.05) is 12.3 Å². The molecular formula is C21H31N2O5P. The fourth-order valence-electron chi connectivity index (χ4n) is 3.63. The average molecular weight is 422 g/mol. The summed E-state index contributed by atoms with van der Waals surface area (Å²) in [6.07, 6.45) is 2.91. The fraction of sp³-hybridized carbons (Fsp3) is 0.524. The Morgan fingerprint density at radius 2 is 1.93 bits per heavy atom. The van der Waals surface area contributed by atoms with Gasteiger partial charge in [0.05, 0.1) is 0 Å². The van der Waals surface area contributed by atoms with Crippen molar-refractivity contribution in [1.82, 2.24) is 10.3 Å². The highest BCUT2D eigenvalue weighted by molar-refractivity contribution is 7.58. The number of H-pyrrole nitrogens is 1. The molecule has 3 atom stereocenters. The molecule has 7 nitrogen and oxygen atoms in total. The molecule has 2 unspecified atom stereocenters. The van der Waals surface area contributed by atoms with Crippen molar-refractivity contribution < 1.29 is 24.2 Å². The van der Waals surface area contributed by atoms with Crippen LogP contribution < -0.4 is 5.32 Å². The second kappa shape index (κ2) is 10.1. The van der Waals surface area contributed by atoms with Crippen LogP contribution in [0.4, 0.5) is 0 Å². The van der Waals surface area contributed by atoms with Crippen LogP contribution in [0.1, 0.15) is 39.2 Å². The second-order valence-corrected chi connectivity index (χ2v) is 10.5. The first-order valence-corrected chi connectivity index (χ1v) is 12.0. The summed E-state index contributed by atoms with van der Waals surface area (Å²) in [6, 6.07) is 6.45. The topological polar surface area (TPSA) is 119 Å². The SMILES string of the molecule is CCCP(=O)(O)CC(CC(C)C)C(=O)N[C@@H](Cc1c[nH]c2ccccc12)C(=O)O. The summed E-state index contributed by atoms with van der Waals surface area (Å²) in [6.45, 7) is 5.69. The van der Waals surface area contributed by atoms with Gasteiger partial charge in [-0.3, -0.25) is 9.36 Å². The Morgan fingerprint density at radius 1 is 1.24 bits per heavy atom. The first-order valence-electron chi connectivity index (χ1n) is 10.0. The summed E-state index contributed by atoms with van der Waals surface area (Å²) in [5.41, 5.74) is 1.70. The molecule has 0 saturated carbocycles. The molecule has 0 bridgehead atoms. The lowest BCUT2D eigenvalue weighted by Crippen LogP contribution is -2.46. The number of nitrogens with one attached hydrogen (secondary N) is 2. The van der Waals surface area contributed by atoms with E-state index in [9.17, 15) is 24.2 Å². The van der Waals surface area contributed by atoms with Gasteiger partial charge in [0.1, 0.15) is 6.04 Å². The molecular weight excluding hydrogens is 391 g/mol. The monoisotopic (exact) mass is 422 g/mol. The third-order valence-electron chi connectivity index (χ3n) is 4.92. The standard InChI is InChI=1S/C21H31N2O5P/c1-4-9-29(27,28)13-16(10-14(2)3)20(24)23-19(21(25)26)11-15-12-22-18-8-6-5-7-17(15)18/h5-8,12,14,16,19,22H,4,9-11,13H2,1-3H3,(H,23,24)(H,25,26)(H,27,28)/t16?,19-/m0/s1. The zero-order valence-corrected chi connectivity index (χ0v) is 18.1. The Bertz CT molecular complexity index is 892. The number of carbonyl (C=O) groups is 2. The molecule has 1 amide bonds. The highest BCUT2D eigenvalue weighted by Crippen LogP contribution is 2.44. The quantitative estimate of drug-likeness (QED) is 0.412. The van der Waals surface area contributed by atoms with Crippen molar-refractivity contribution in [3.05, 3.63) is 36.0 Å². The van der Waals surface area contributed by atoms with E-state index in [1.54, 1.807) is 6.20 Å². The van der Waals surface area contributed by atoms with E-state index in [4.69, 9.17) is 0 Å². The second-order valence-electron chi connectivity index (χ2n) is 8.04. The maximum Gasteiger partial charge on any atom is 0.326 e. The molecule has 29 heavy (non-hydrogen) atoms. The van der Waals surface area contributed by atoms with Gasteiger partial charge in [0, 0.05) is 41.8 Å². The van der Waals surface area contributed by atoms with Crippen LogP contribution in [0.5, 0.6) is 0 Å². The van der Waals surface area contributed by atoms with E-state index in [1.165, 1.54) is 0 Å². The molecule has 0 saturated heterocycles. The van der Waals surface area contributed by atoms with Gasteiger partial charge in [-0.15, -0.1) is 0 Å². The lowest BCUT2D eigenvalue weighted by atomic mass is 9.97. The summed E-state index contributed by atoms with van der Waals surface area (Å²) in [5, 5.41) is 13.2. The molecule has 1 heterocycles. The molecule has 0 aliphatic heterocycles. The maximum absolute atomic E-state index is 12.9. The van der Waals surface area contributed by atoms with Crippen molar-refractivity contribution in [3.63, 3.8) is 0 Å². The number of aliphatic carboxylic acids is 1. The van der Waals surface area contributed by atoms with Gasteiger partial charge in [-0.2, -0.15) is 0 Å². The first kappa shape index (κ1) is 23.2. The molecule has 0 aliphatic carbocycles.